The Kier molecular flexibility index (Phi) is 5.56. The fourth-order valence-electron chi connectivity index (χ4n) is 5.08. The number of fused-ring (bicyclic) bond motifs is 4. The molecule has 0 amide bonds. The van der Waals surface area contributed by atoms with Crippen molar-refractivity contribution in [3.63, 3.8) is 0 Å². The maximum atomic E-state index is 8.22. The predicted molar refractivity (Wildman–Crippen MR) is 182 cm³/mol. The van der Waals surface area contributed by atoms with Crippen molar-refractivity contribution >= 4 is 33.0 Å². The van der Waals surface area contributed by atoms with E-state index in [9.17, 15) is 0 Å². The molecule has 0 aliphatic heterocycles. The maximum absolute atomic E-state index is 8.22. The van der Waals surface area contributed by atoms with Crippen LogP contribution in [0.4, 0.5) is 0 Å². The molecular formula is C40H30IrN4O-2. The normalized spacial score (nSPS) is 15.8. The van der Waals surface area contributed by atoms with E-state index < -0.39 is 27.4 Å². The first kappa shape index (κ1) is 19.5. The van der Waals surface area contributed by atoms with Gasteiger partial charge in [0.15, 0.2) is 0 Å². The zero-order valence-electron chi connectivity index (χ0n) is 35.9. The zero-order valence-corrected chi connectivity index (χ0v) is 26.3. The van der Waals surface area contributed by atoms with E-state index in [1.165, 1.54) is 30.5 Å². The number of rotatable bonds is 3. The molecule has 8 aromatic rings. The summed E-state index contributed by atoms with van der Waals surface area (Å²) < 4.78 is 97.3. The van der Waals surface area contributed by atoms with Gasteiger partial charge in [-0.3, -0.25) is 4.98 Å². The molecule has 0 aliphatic rings. The Labute approximate surface area is 298 Å². The predicted octanol–water partition coefficient (Wildman–Crippen LogP) is 9.84. The number of aryl methyl sites for hydroxylation is 4. The van der Waals surface area contributed by atoms with Gasteiger partial charge in [0.25, 0.3) is 0 Å². The van der Waals surface area contributed by atoms with Crippen molar-refractivity contribution < 1.29 is 41.0 Å². The number of nitrogens with zero attached hydrogens (tertiary/aromatic N) is 4. The van der Waals surface area contributed by atoms with Gasteiger partial charge in [0.05, 0.1) is 11.1 Å². The van der Waals surface area contributed by atoms with Crippen LogP contribution in [0, 0.1) is 39.5 Å². The summed E-state index contributed by atoms with van der Waals surface area (Å²) in [7, 11) is 0. The van der Waals surface area contributed by atoms with Gasteiger partial charge >= 0.3 is 0 Å². The fourth-order valence-corrected chi connectivity index (χ4v) is 5.08. The molecule has 0 bridgehead atoms. The van der Waals surface area contributed by atoms with Crippen LogP contribution in [0.1, 0.15) is 38.8 Å². The van der Waals surface area contributed by atoms with Crippen LogP contribution in [-0.4, -0.2) is 19.9 Å². The number of hydrogen-bond acceptors (Lipinski definition) is 5. The Morgan fingerprint density at radius 1 is 0.717 bits per heavy atom. The minimum Gasteiger partial charge on any atom is -0.486 e. The van der Waals surface area contributed by atoms with Crippen molar-refractivity contribution in [3.8, 4) is 33.6 Å². The minimum absolute atomic E-state index is 0. The van der Waals surface area contributed by atoms with Crippen molar-refractivity contribution in [1.82, 2.24) is 19.9 Å². The average molecular weight is 787 g/mol. The largest absolute Gasteiger partial charge is 0.486 e. The second-order valence-electron chi connectivity index (χ2n) is 10.2. The van der Waals surface area contributed by atoms with E-state index in [1.54, 1.807) is 73.1 Å². The second kappa shape index (κ2) is 13.1. The van der Waals surface area contributed by atoms with E-state index in [0.717, 1.165) is 5.39 Å². The van der Waals surface area contributed by atoms with Crippen molar-refractivity contribution in [2.24, 2.45) is 0 Å². The van der Waals surface area contributed by atoms with Gasteiger partial charge in [-0.2, -0.15) is 0 Å². The summed E-state index contributed by atoms with van der Waals surface area (Å²) in [6, 6.07) is 31.0. The Morgan fingerprint density at radius 3 is 2.46 bits per heavy atom. The van der Waals surface area contributed by atoms with Crippen LogP contribution in [0.3, 0.4) is 0 Å². The molecule has 1 radical (unpaired) electrons. The third-order valence-corrected chi connectivity index (χ3v) is 7.26. The van der Waals surface area contributed by atoms with Gasteiger partial charge in [0, 0.05) is 71.6 Å². The molecule has 0 saturated heterocycles. The Bertz CT molecular complexity index is 2690. The van der Waals surface area contributed by atoms with Gasteiger partial charge < -0.3 is 14.4 Å². The Balaban J connectivity index is 0.000000230. The average Bonchev–Trinajstić information content (AvgIpc) is 3.55. The summed E-state index contributed by atoms with van der Waals surface area (Å²) in [4.78, 5) is 17.1. The van der Waals surface area contributed by atoms with Gasteiger partial charge in [-0.15, -0.1) is 53.6 Å². The van der Waals surface area contributed by atoms with Gasteiger partial charge in [-0.05, 0) is 84.5 Å². The molecule has 8 rings (SSSR count). The molecule has 0 atom stereocenters. The molecule has 0 unspecified atom stereocenters. The first-order valence-electron chi connectivity index (χ1n) is 19.9. The zero-order chi connectivity index (χ0) is 40.9. The second-order valence-corrected chi connectivity index (χ2v) is 10.2. The van der Waals surface area contributed by atoms with Crippen LogP contribution in [0.2, 0.25) is 0 Å². The van der Waals surface area contributed by atoms with Crippen molar-refractivity contribution in [1.29, 1.82) is 0 Å². The van der Waals surface area contributed by atoms with Crippen LogP contribution >= 0.6 is 0 Å². The van der Waals surface area contributed by atoms with Gasteiger partial charge in [-0.1, -0.05) is 48.1 Å². The number of aromatic nitrogens is 4. The van der Waals surface area contributed by atoms with Crippen LogP contribution in [0.15, 0.2) is 114 Å². The summed E-state index contributed by atoms with van der Waals surface area (Å²) in [5.41, 5.74) is 5.34. The SMILES string of the molecule is [2H]C([2H])([2H])c1c[c-]c(-c2ccc(C([2H])([2H])[2H])cn2)cc1.[2H]C([2H])([2H])c1ccc2c(n1)oc1c(-c3cc(-c4ccc5ncccc5c4C([2H])([2H])[2H])ccn3)[c-]ccc12.[Ir]. The first-order valence-corrected chi connectivity index (χ1v) is 13.9. The summed E-state index contributed by atoms with van der Waals surface area (Å²) in [6.45, 7) is -9.06. The smallest absolute Gasteiger partial charge is 0.216 e. The molecule has 5 nitrogen and oxygen atoms in total. The molecule has 227 valence electrons. The quantitative estimate of drug-likeness (QED) is 0.167. The molecule has 3 aromatic carbocycles. The molecule has 0 N–H and O–H groups in total. The summed E-state index contributed by atoms with van der Waals surface area (Å²) >= 11 is 0. The Morgan fingerprint density at radius 2 is 1.65 bits per heavy atom. The standard InChI is InChI=1S/C27H18N3O.C13H12N.Ir/c1-16-8-9-22-21-5-3-6-23(26(21)31-27(22)30-16)25-15-18(12-14-29-25)19-10-11-24-20(17(19)2)7-4-13-28-24;1-10-3-6-12(7-4-10)13-8-5-11(2)9-14-13;/h3-5,7-15H,1-2H3;3-6,8-9H,1-2H3;/q2*-1;/i2*1D3,2D3;. The van der Waals surface area contributed by atoms with Crippen LogP contribution in [0.5, 0.6) is 0 Å². The minimum atomic E-state index is -2.36. The third-order valence-electron chi connectivity index (χ3n) is 7.26. The number of pyridine rings is 4. The molecule has 46 heavy (non-hydrogen) atoms. The summed E-state index contributed by atoms with van der Waals surface area (Å²) in [5, 5.41) is 2.00. The van der Waals surface area contributed by atoms with E-state index in [-0.39, 0.29) is 48.2 Å². The summed E-state index contributed by atoms with van der Waals surface area (Å²) in [6.07, 6.45) is 4.55. The number of hydrogen-bond donors (Lipinski definition) is 0. The third kappa shape index (κ3) is 6.10. The number of benzene rings is 3. The molecule has 0 aliphatic carbocycles. The van der Waals surface area contributed by atoms with Gasteiger partial charge in [-0.25, -0.2) is 4.98 Å². The molecule has 0 spiro atoms. The molecular weight excluding hydrogens is 745 g/mol. The molecule has 5 aromatic heterocycles. The van der Waals surface area contributed by atoms with Gasteiger partial charge in [0.2, 0.25) is 5.71 Å². The monoisotopic (exact) mass is 787 g/mol. The van der Waals surface area contributed by atoms with Crippen LogP contribution in [-0.2, 0) is 20.1 Å². The van der Waals surface area contributed by atoms with E-state index in [0.29, 0.717) is 55.5 Å². The Hall–Kier alpha value is -5.03. The number of furan rings is 1. The molecule has 0 saturated carbocycles. The van der Waals surface area contributed by atoms with Crippen LogP contribution < -0.4 is 0 Å². The molecule has 5 heterocycles. The van der Waals surface area contributed by atoms with Crippen molar-refractivity contribution in [3.05, 3.63) is 144 Å². The maximum Gasteiger partial charge on any atom is 0.216 e. The topological polar surface area (TPSA) is 64.7 Å². The fraction of sp³-hybridized carbons (Fsp3) is 0.100. The van der Waals surface area contributed by atoms with Crippen LogP contribution in [0.25, 0.3) is 66.6 Å². The first-order chi connectivity index (χ1) is 26.8. The van der Waals surface area contributed by atoms with E-state index in [1.807, 2.05) is 6.07 Å². The van der Waals surface area contributed by atoms with E-state index in [2.05, 4.69) is 32.1 Å². The van der Waals surface area contributed by atoms with E-state index in [4.69, 9.17) is 20.9 Å². The van der Waals surface area contributed by atoms with E-state index >= 15 is 0 Å². The molecule has 0 fully saturated rings. The molecule has 6 heteroatoms. The van der Waals surface area contributed by atoms with Crippen molar-refractivity contribution in [2.75, 3.05) is 0 Å². The summed E-state index contributed by atoms with van der Waals surface area (Å²) in [5.74, 6) is 0. The van der Waals surface area contributed by atoms with Crippen molar-refractivity contribution in [2.45, 2.75) is 27.4 Å². The van der Waals surface area contributed by atoms with Gasteiger partial charge in [0.1, 0.15) is 0 Å².